The smallest absolute Gasteiger partial charge is 0.0821 e. The zero-order valence-electron chi connectivity index (χ0n) is 16.8. The van der Waals surface area contributed by atoms with Crippen molar-refractivity contribution in [1.29, 1.82) is 0 Å². The molecule has 1 radical (unpaired) electrons. The first-order chi connectivity index (χ1) is 15.2. The van der Waals surface area contributed by atoms with E-state index in [1.165, 1.54) is 0 Å². The van der Waals surface area contributed by atoms with Gasteiger partial charge < -0.3 is 15.1 Å². The molecule has 0 atom stereocenters. The van der Waals surface area contributed by atoms with E-state index in [2.05, 4.69) is 21.0 Å². The Labute approximate surface area is 194 Å². The second-order valence-electron chi connectivity index (χ2n) is 7.51. The van der Waals surface area contributed by atoms with Crippen molar-refractivity contribution in [2.24, 2.45) is 0 Å². The topological polar surface area (TPSA) is 77.6 Å². The molecule has 32 heavy (non-hydrogen) atoms. The molecule has 0 aliphatic carbocycles. The van der Waals surface area contributed by atoms with Gasteiger partial charge in [0, 0.05) is 22.6 Å². The minimum atomic E-state index is 0. The molecule has 8 bridgehead atoms. The molecule has 5 heterocycles. The van der Waals surface area contributed by atoms with Crippen molar-refractivity contribution < 1.29 is 22.2 Å². The summed E-state index contributed by atoms with van der Waals surface area (Å²) in [5.74, 6) is 0.212. The summed E-state index contributed by atoms with van der Waals surface area (Å²) >= 11 is 0. The van der Waals surface area contributed by atoms with Gasteiger partial charge in [0.15, 0.2) is 0 Å². The standard InChI is InChI=1S/C26H17N4O.Mn/c31-26-4-2-1-3-23(26)24-14-22-13-20-8-7-18(28-20)11-16-5-6-17(27-16)12-19-9-10-21(29-19)15-25(24)30-22;/h1-13,15,28,30-31H;/q-1;. The van der Waals surface area contributed by atoms with E-state index in [0.29, 0.717) is 0 Å². The average Bonchev–Trinajstić information content (AvgIpc) is 3.53. The van der Waals surface area contributed by atoms with Crippen molar-refractivity contribution in [3.8, 4) is 16.9 Å². The zero-order chi connectivity index (χ0) is 20.8. The van der Waals surface area contributed by atoms with Crippen LogP contribution in [-0.4, -0.2) is 25.0 Å². The first kappa shape index (κ1) is 20.1. The summed E-state index contributed by atoms with van der Waals surface area (Å²) in [4.78, 5) is 16.2. The van der Waals surface area contributed by atoms with Crippen LogP contribution in [0.1, 0.15) is 22.8 Å². The summed E-state index contributed by atoms with van der Waals surface area (Å²) in [5.41, 5.74) is 8.47. The van der Waals surface area contributed by atoms with Gasteiger partial charge in [-0.3, -0.25) is 0 Å². The van der Waals surface area contributed by atoms with Gasteiger partial charge in [-0.1, -0.05) is 41.4 Å². The van der Waals surface area contributed by atoms with E-state index in [1.807, 2.05) is 78.9 Å². The fourth-order valence-electron chi connectivity index (χ4n) is 3.84. The van der Waals surface area contributed by atoms with E-state index < -0.39 is 0 Å². The maximum absolute atomic E-state index is 10.4. The molecule has 0 saturated heterocycles. The van der Waals surface area contributed by atoms with Crippen LogP contribution in [0.3, 0.4) is 0 Å². The normalized spacial score (nSPS) is 12.0. The number of nitrogens with one attached hydrogen (secondary N) is 2. The summed E-state index contributed by atoms with van der Waals surface area (Å²) in [6, 6.07) is 22.7. The number of aromatic amines is 2. The van der Waals surface area contributed by atoms with Gasteiger partial charge in [-0.2, -0.15) is 0 Å². The largest absolute Gasteiger partial charge is 0.517 e. The minimum absolute atomic E-state index is 0. The summed E-state index contributed by atoms with van der Waals surface area (Å²) in [5, 5.41) is 10.4. The Morgan fingerprint density at radius 2 is 1.31 bits per heavy atom. The summed E-state index contributed by atoms with van der Waals surface area (Å²) in [6.45, 7) is 0. The van der Waals surface area contributed by atoms with Crippen LogP contribution in [0.2, 0.25) is 0 Å². The molecule has 6 heteroatoms. The van der Waals surface area contributed by atoms with Gasteiger partial charge in [0.05, 0.1) is 28.5 Å². The number of nitrogens with zero attached hydrogens (tertiary/aromatic N) is 2. The number of aromatic hydroxyl groups is 1. The molecule has 6 rings (SSSR count). The molecular weight excluding hydrogens is 439 g/mol. The van der Waals surface area contributed by atoms with E-state index in [4.69, 9.17) is 4.98 Å². The molecule has 1 aromatic carbocycles. The maximum atomic E-state index is 10.4. The quantitative estimate of drug-likeness (QED) is 0.215. The first-order valence-electron chi connectivity index (χ1n) is 9.99. The molecule has 3 aromatic heterocycles. The Hall–Kier alpha value is -3.86. The fraction of sp³-hybridized carbons (Fsp3) is 0. The van der Waals surface area contributed by atoms with Crippen LogP contribution in [0.4, 0.5) is 0 Å². The van der Waals surface area contributed by atoms with Crippen LogP contribution in [0, 0.1) is 6.07 Å². The summed E-state index contributed by atoms with van der Waals surface area (Å²) < 4.78 is 0. The first-order valence-corrected chi connectivity index (χ1v) is 9.99. The predicted molar refractivity (Wildman–Crippen MR) is 125 cm³/mol. The van der Waals surface area contributed by atoms with E-state index >= 15 is 0 Å². The molecule has 3 N–H and O–H groups in total. The molecule has 5 nitrogen and oxygen atoms in total. The Kier molecular flexibility index (Phi) is 5.02. The van der Waals surface area contributed by atoms with Gasteiger partial charge >= 0.3 is 0 Å². The molecule has 0 amide bonds. The molecule has 2 aliphatic rings. The number of H-pyrrole nitrogens is 2. The number of rotatable bonds is 1. The number of fused-ring (bicyclic) bond motifs is 8. The molecule has 0 saturated carbocycles. The Balaban J connectivity index is 0.00000216. The van der Waals surface area contributed by atoms with E-state index in [9.17, 15) is 5.11 Å². The van der Waals surface area contributed by atoms with Crippen molar-refractivity contribution in [1.82, 2.24) is 19.9 Å². The number of para-hydroxylation sites is 1. The van der Waals surface area contributed by atoms with Crippen LogP contribution < -0.4 is 0 Å². The predicted octanol–water partition coefficient (Wildman–Crippen LogP) is 5.83. The third-order valence-electron chi connectivity index (χ3n) is 5.26. The van der Waals surface area contributed by atoms with Crippen LogP contribution in [-0.2, 0) is 17.1 Å². The van der Waals surface area contributed by atoms with Crippen LogP contribution in [0.5, 0.6) is 5.75 Å². The SMILES string of the molecule is Oc1ccccc1-c1[c-]c2cc3ccc(cc4nc(cc5nc(cc1[nH]2)C=C5)C=C4)[nH]3.[Mn]. The fourth-order valence-corrected chi connectivity index (χ4v) is 3.84. The van der Waals surface area contributed by atoms with Crippen molar-refractivity contribution >= 4 is 46.4 Å². The van der Waals surface area contributed by atoms with Crippen LogP contribution in [0.15, 0.2) is 60.7 Å². The molecule has 0 fully saturated rings. The third kappa shape index (κ3) is 3.78. The number of hydrogen-bond donors (Lipinski definition) is 3. The monoisotopic (exact) mass is 456 g/mol. The van der Waals surface area contributed by atoms with E-state index in [-0.39, 0.29) is 22.8 Å². The van der Waals surface area contributed by atoms with Crippen LogP contribution in [0.25, 0.3) is 57.5 Å². The van der Waals surface area contributed by atoms with E-state index in [1.54, 1.807) is 6.07 Å². The maximum Gasteiger partial charge on any atom is 0.0821 e. The average molecular weight is 456 g/mol. The molecule has 4 aromatic rings. The van der Waals surface area contributed by atoms with Crippen LogP contribution >= 0.6 is 0 Å². The molecule has 2 aliphatic heterocycles. The third-order valence-corrected chi connectivity index (χ3v) is 5.26. The van der Waals surface area contributed by atoms with Gasteiger partial charge in [-0.25, -0.2) is 9.97 Å². The summed E-state index contributed by atoms with van der Waals surface area (Å²) in [6.07, 6.45) is 7.92. The molecule has 155 valence electrons. The van der Waals surface area contributed by atoms with Gasteiger partial charge in [0.2, 0.25) is 0 Å². The van der Waals surface area contributed by atoms with Gasteiger partial charge in [0.1, 0.15) is 0 Å². The number of benzene rings is 1. The number of hydrogen-bond acceptors (Lipinski definition) is 3. The van der Waals surface area contributed by atoms with E-state index in [0.717, 1.165) is 56.0 Å². The van der Waals surface area contributed by atoms with Crippen molar-refractivity contribution in [3.63, 3.8) is 0 Å². The van der Waals surface area contributed by atoms with Crippen molar-refractivity contribution in [2.75, 3.05) is 0 Å². The van der Waals surface area contributed by atoms with Gasteiger partial charge in [-0.15, -0.1) is 11.6 Å². The number of phenolic OH excluding ortho intramolecular Hbond substituents is 1. The number of phenols is 1. The van der Waals surface area contributed by atoms with Crippen molar-refractivity contribution in [2.45, 2.75) is 0 Å². The second kappa shape index (κ2) is 8.00. The Morgan fingerprint density at radius 3 is 2.03 bits per heavy atom. The molecule has 0 unspecified atom stereocenters. The minimum Gasteiger partial charge on any atom is -0.517 e. The Bertz CT molecular complexity index is 1560. The Morgan fingerprint density at radius 1 is 0.688 bits per heavy atom. The second-order valence-corrected chi connectivity index (χ2v) is 7.51. The zero-order valence-corrected chi connectivity index (χ0v) is 18.0. The number of aromatic nitrogens is 4. The summed E-state index contributed by atoms with van der Waals surface area (Å²) in [7, 11) is 0. The molecule has 0 spiro atoms. The van der Waals surface area contributed by atoms with Crippen molar-refractivity contribution in [3.05, 3.63) is 89.5 Å². The van der Waals surface area contributed by atoms with Gasteiger partial charge in [0.25, 0.3) is 0 Å². The molecular formula is C26H17MnN4O-. The van der Waals surface area contributed by atoms with Gasteiger partial charge in [-0.05, 0) is 65.7 Å².